The van der Waals surface area contributed by atoms with Gasteiger partial charge >= 0.3 is 11.7 Å². The van der Waals surface area contributed by atoms with Crippen LogP contribution in [0.15, 0.2) is 34.9 Å². The average Bonchev–Trinajstić information content (AvgIpc) is 2.95. The van der Waals surface area contributed by atoms with Crippen molar-refractivity contribution in [2.75, 3.05) is 5.32 Å². The zero-order valence-electron chi connectivity index (χ0n) is 12.7. The van der Waals surface area contributed by atoms with Crippen LogP contribution in [0.2, 0.25) is 0 Å². The number of hydrogen-bond donors (Lipinski definition) is 1. The summed E-state index contributed by atoms with van der Waals surface area (Å²) in [6.45, 7) is 2.96. The van der Waals surface area contributed by atoms with Gasteiger partial charge in [0.15, 0.2) is 6.10 Å². The maximum Gasteiger partial charge on any atom is 0.375 e. The summed E-state index contributed by atoms with van der Waals surface area (Å²) < 4.78 is 23.2. The SMILES string of the molecule is Cc1ccoc1C(=O)O[C@H](C)C(=O)Nc1ccc(F)c([N+](=O)[O-])c1. The predicted octanol–water partition coefficient (Wildman–Crippen LogP) is 2.82. The lowest BCUT2D eigenvalue weighted by Gasteiger charge is -2.13. The number of amides is 1. The van der Waals surface area contributed by atoms with Crippen LogP contribution >= 0.6 is 0 Å². The normalized spacial score (nSPS) is 11.6. The lowest BCUT2D eigenvalue weighted by atomic mass is 10.2. The van der Waals surface area contributed by atoms with Crippen LogP contribution in [0, 0.1) is 22.9 Å². The van der Waals surface area contributed by atoms with Gasteiger partial charge in [-0.05, 0) is 32.0 Å². The summed E-state index contributed by atoms with van der Waals surface area (Å²) >= 11 is 0. The Balaban J connectivity index is 2.04. The third-order valence-corrected chi connectivity index (χ3v) is 3.11. The van der Waals surface area contributed by atoms with E-state index >= 15 is 0 Å². The minimum Gasteiger partial charge on any atom is -0.457 e. The van der Waals surface area contributed by atoms with Crippen molar-refractivity contribution in [1.82, 2.24) is 0 Å². The van der Waals surface area contributed by atoms with Crippen LogP contribution in [0.1, 0.15) is 23.0 Å². The van der Waals surface area contributed by atoms with Gasteiger partial charge in [0.05, 0.1) is 11.2 Å². The number of nitrogens with zero attached hydrogens (tertiary/aromatic N) is 1. The van der Waals surface area contributed by atoms with Gasteiger partial charge in [-0.25, -0.2) is 4.79 Å². The van der Waals surface area contributed by atoms with Gasteiger partial charge in [0.1, 0.15) is 0 Å². The molecule has 0 saturated heterocycles. The van der Waals surface area contributed by atoms with E-state index in [2.05, 4.69) is 5.32 Å². The third-order valence-electron chi connectivity index (χ3n) is 3.11. The second-order valence-electron chi connectivity index (χ2n) is 4.89. The summed E-state index contributed by atoms with van der Waals surface area (Å²) in [5, 5.41) is 13.0. The van der Waals surface area contributed by atoms with Gasteiger partial charge in [-0.2, -0.15) is 4.39 Å². The predicted molar refractivity (Wildman–Crippen MR) is 80.0 cm³/mol. The number of carbonyl (C=O) groups is 2. The molecule has 1 aromatic carbocycles. The molecular weight excluding hydrogens is 323 g/mol. The Morgan fingerprint density at radius 3 is 2.67 bits per heavy atom. The van der Waals surface area contributed by atoms with E-state index in [-0.39, 0.29) is 11.4 Å². The fourth-order valence-electron chi connectivity index (χ4n) is 1.82. The summed E-state index contributed by atoms with van der Waals surface area (Å²) in [6, 6.07) is 4.46. The fourth-order valence-corrected chi connectivity index (χ4v) is 1.82. The van der Waals surface area contributed by atoms with E-state index in [9.17, 15) is 24.1 Å². The van der Waals surface area contributed by atoms with Crippen molar-refractivity contribution in [3.8, 4) is 0 Å². The second kappa shape index (κ2) is 6.90. The zero-order chi connectivity index (χ0) is 17.9. The molecule has 1 N–H and O–H groups in total. The molecule has 0 fully saturated rings. The Morgan fingerprint density at radius 2 is 2.08 bits per heavy atom. The number of aryl methyl sites for hydroxylation is 1. The fraction of sp³-hybridized carbons (Fsp3) is 0.200. The zero-order valence-corrected chi connectivity index (χ0v) is 12.7. The summed E-state index contributed by atoms with van der Waals surface area (Å²) in [7, 11) is 0. The number of ether oxygens (including phenoxy) is 1. The van der Waals surface area contributed by atoms with Gasteiger partial charge in [-0.15, -0.1) is 0 Å². The molecule has 0 bridgehead atoms. The Kier molecular flexibility index (Phi) is 4.93. The summed E-state index contributed by atoms with van der Waals surface area (Å²) in [6.07, 6.45) is 0.125. The van der Waals surface area contributed by atoms with Gasteiger partial charge in [0, 0.05) is 17.3 Å². The quantitative estimate of drug-likeness (QED) is 0.510. The number of benzene rings is 1. The van der Waals surface area contributed by atoms with Crippen LogP contribution in [-0.4, -0.2) is 22.9 Å². The first-order chi connectivity index (χ1) is 11.3. The molecule has 2 rings (SSSR count). The highest BCUT2D eigenvalue weighted by molar-refractivity contribution is 5.97. The molecule has 0 aliphatic heterocycles. The highest BCUT2D eigenvalue weighted by Gasteiger charge is 2.23. The van der Waals surface area contributed by atoms with Crippen LogP contribution in [0.3, 0.4) is 0 Å². The molecule has 1 heterocycles. The first-order valence-corrected chi connectivity index (χ1v) is 6.79. The highest BCUT2D eigenvalue weighted by Crippen LogP contribution is 2.22. The van der Waals surface area contributed by atoms with E-state index in [4.69, 9.17) is 9.15 Å². The van der Waals surface area contributed by atoms with Crippen molar-refractivity contribution in [3.05, 3.63) is 57.8 Å². The van der Waals surface area contributed by atoms with Gasteiger partial charge in [-0.3, -0.25) is 14.9 Å². The lowest BCUT2D eigenvalue weighted by molar-refractivity contribution is -0.387. The number of nitro groups is 1. The molecule has 0 aliphatic rings. The maximum absolute atomic E-state index is 13.2. The smallest absolute Gasteiger partial charge is 0.375 e. The van der Waals surface area contributed by atoms with Crippen LogP contribution < -0.4 is 5.32 Å². The Morgan fingerprint density at radius 1 is 1.38 bits per heavy atom. The number of hydrogen-bond acceptors (Lipinski definition) is 6. The standard InChI is InChI=1S/C15H13FN2O6/c1-8-5-6-23-13(8)15(20)24-9(2)14(19)17-10-3-4-11(16)12(7-10)18(21)22/h3-7,9H,1-2H3,(H,17,19)/t9-/m1/s1. The van der Waals surface area contributed by atoms with Crippen LogP contribution in [0.25, 0.3) is 0 Å². The first-order valence-electron chi connectivity index (χ1n) is 6.79. The van der Waals surface area contributed by atoms with Crippen molar-refractivity contribution in [3.63, 3.8) is 0 Å². The lowest BCUT2D eigenvalue weighted by Crippen LogP contribution is -2.30. The minimum atomic E-state index is -1.19. The topological polar surface area (TPSA) is 112 Å². The highest BCUT2D eigenvalue weighted by atomic mass is 19.1. The molecule has 0 spiro atoms. The molecule has 0 saturated carbocycles. The molecule has 8 nitrogen and oxygen atoms in total. The Hall–Kier alpha value is -3.23. The number of nitrogens with one attached hydrogen (secondary N) is 1. The molecule has 9 heteroatoms. The van der Waals surface area contributed by atoms with E-state index in [1.54, 1.807) is 13.0 Å². The van der Waals surface area contributed by atoms with E-state index in [1.807, 2.05) is 0 Å². The number of rotatable bonds is 5. The number of carbonyl (C=O) groups excluding carboxylic acids is 2. The van der Waals surface area contributed by atoms with Crippen LogP contribution in [-0.2, 0) is 9.53 Å². The summed E-state index contributed by atoms with van der Waals surface area (Å²) in [5.74, 6) is -2.59. The largest absolute Gasteiger partial charge is 0.457 e. The van der Waals surface area contributed by atoms with E-state index in [0.29, 0.717) is 5.56 Å². The maximum atomic E-state index is 13.2. The molecule has 126 valence electrons. The van der Waals surface area contributed by atoms with E-state index < -0.39 is 34.4 Å². The van der Waals surface area contributed by atoms with Gasteiger partial charge in [0.25, 0.3) is 5.91 Å². The van der Waals surface area contributed by atoms with Gasteiger partial charge in [-0.1, -0.05) is 0 Å². The summed E-state index contributed by atoms with van der Waals surface area (Å²) in [4.78, 5) is 33.6. The van der Waals surface area contributed by atoms with Crippen molar-refractivity contribution >= 4 is 23.3 Å². The third kappa shape index (κ3) is 3.75. The number of halogens is 1. The van der Waals surface area contributed by atoms with Gasteiger partial charge < -0.3 is 14.5 Å². The molecule has 1 amide bonds. The van der Waals surface area contributed by atoms with Gasteiger partial charge in [0.2, 0.25) is 11.6 Å². The van der Waals surface area contributed by atoms with Crippen LogP contribution in [0.5, 0.6) is 0 Å². The second-order valence-corrected chi connectivity index (χ2v) is 4.89. The van der Waals surface area contributed by atoms with Crippen molar-refractivity contribution in [2.45, 2.75) is 20.0 Å². The van der Waals surface area contributed by atoms with E-state index in [1.165, 1.54) is 13.2 Å². The molecule has 1 aromatic heterocycles. The molecule has 0 aliphatic carbocycles. The molecular formula is C15H13FN2O6. The molecule has 1 atom stereocenters. The average molecular weight is 336 g/mol. The molecule has 0 radical (unpaired) electrons. The Labute approximate surface area is 135 Å². The van der Waals surface area contributed by atoms with Crippen molar-refractivity contribution < 1.29 is 28.1 Å². The molecule has 0 unspecified atom stereocenters. The monoisotopic (exact) mass is 336 g/mol. The van der Waals surface area contributed by atoms with Crippen molar-refractivity contribution in [1.29, 1.82) is 0 Å². The minimum absolute atomic E-state index is 0.00479. The molecule has 2 aromatic rings. The van der Waals surface area contributed by atoms with E-state index in [0.717, 1.165) is 18.2 Å². The van der Waals surface area contributed by atoms with Crippen LogP contribution in [0.4, 0.5) is 15.8 Å². The number of anilines is 1. The number of nitro benzene ring substituents is 1. The van der Waals surface area contributed by atoms with Crippen molar-refractivity contribution in [2.24, 2.45) is 0 Å². The first kappa shape index (κ1) is 17.1. The Bertz CT molecular complexity index is 801. The number of esters is 1. The summed E-state index contributed by atoms with van der Waals surface area (Å²) in [5.41, 5.74) is -0.212. The number of furan rings is 1. The molecule has 24 heavy (non-hydrogen) atoms.